The summed E-state index contributed by atoms with van der Waals surface area (Å²) in [7, 11) is 0. The molecule has 0 aromatic carbocycles. The van der Waals surface area contributed by atoms with Crippen molar-refractivity contribution in [3.8, 4) is 0 Å². The molecule has 0 rings (SSSR count). The zero-order valence-corrected chi connectivity index (χ0v) is 6.29. The number of rotatable bonds is 4. The smallest absolute Gasteiger partial charge is 0.337 e. The Morgan fingerprint density at radius 3 is 2.50 bits per heavy atom. The Morgan fingerprint density at radius 1 is 1.60 bits per heavy atom. The average molecular weight is 147 g/mol. The fraction of sp³-hybridized carbons (Fsp3) is 0.833. The Hall–Kier alpha value is -0.610. The van der Waals surface area contributed by atoms with Gasteiger partial charge >= 0.3 is 5.97 Å². The van der Waals surface area contributed by atoms with Crippen molar-refractivity contribution in [2.45, 2.75) is 26.4 Å². The first kappa shape index (κ1) is 9.39. The molecule has 10 heavy (non-hydrogen) atoms. The maximum absolute atomic E-state index is 10.8. The first-order valence-electron chi connectivity index (χ1n) is 3.28. The summed E-state index contributed by atoms with van der Waals surface area (Å²) in [5, 5.41) is 0. The molecule has 0 amide bonds. The number of nitrogens with two attached hydrogens (primary N) is 1. The van der Waals surface area contributed by atoms with Crippen LogP contribution in [0.3, 0.4) is 0 Å². The van der Waals surface area contributed by atoms with Gasteiger partial charge in [0.1, 0.15) is 0 Å². The van der Waals surface area contributed by atoms with E-state index >= 15 is 0 Å². The van der Waals surface area contributed by atoms with Crippen molar-refractivity contribution < 1.29 is 14.4 Å². The highest BCUT2D eigenvalue weighted by atomic mass is 16.6. The highest BCUT2D eigenvalue weighted by Gasteiger charge is 2.16. The van der Waals surface area contributed by atoms with Gasteiger partial charge in [-0.15, -0.1) is 0 Å². The summed E-state index contributed by atoms with van der Waals surface area (Å²) in [5.74, 6) is 4.42. The lowest BCUT2D eigenvalue weighted by atomic mass is 10.3. The van der Waals surface area contributed by atoms with Gasteiger partial charge in [0.2, 0.25) is 0 Å². The van der Waals surface area contributed by atoms with E-state index in [1.165, 1.54) is 0 Å². The van der Waals surface area contributed by atoms with E-state index in [-0.39, 0.29) is 0 Å². The zero-order chi connectivity index (χ0) is 7.98. The Balaban J connectivity index is 3.65. The largest absolute Gasteiger partial charge is 0.464 e. The lowest BCUT2D eigenvalue weighted by molar-refractivity contribution is -0.157. The lowest BCUT2D eigenvalue weighted by Gasteiger charge is -2.09. The van der Waals surface area contributed by atoms with Crippen molar-refractivity contribution in [1.82, 2.24) is 0 Å². The number of ether oxygens (including phenoxy) is 1. The molecule has 0 saturated carbocycles. The summed E-state index contributed by atoms with van der Waals surface area (Å²) in [6, 6.07) is 0. The Kier molecular flexibility index (Phi) is 4.88. The first-order valence-corrected chi connectivity index (χ1v) is 3.28. The second-order valence-corrected chi connectivity index (χ2v) is 1.79. The summed E-state index contributed by atoms with van der Waals surface area (Å²) < 4.78 is 4.64. The number of esters is 1. The molecular weight excluding hydrogens is 134 g/mol. The third-order valence-electron chi connectivity index (χ3n) is 1.08. The van der Waals surface area contributed by atoms with E-state index in [0.29, 0.717) is 13.0 Å². The van der Waals surface area contributed by atoms with Crippen LogP contribution in [0.15, 0.2) is 0 Å². The van der Waals surface area contributed by atoms with Crippen LogP contribution in [0.25, 0.3) is 0 Å². The SMILES string of the molecule is CCOC(=O)[C@H](CC)ON. The molecule has 0 aliphatic heterocycles. The standard InChI is InChI=1S/C6H13NO3/c1-3-5(10-7)6(8)9-4-2/h5H,3-4,7H2,1-2H3/t5-/m0/s1. The van der Waals surface area contributed by atoms with E-state index in [1.807, 2.05) is 0 Å². The van der Waals surface area contributed by atoms with Gasteiger partial charge in [-0.3, -0.25) is 4.84 Å². The number of carbonyl (C=O) groups is 1. The van der Waals surface area contributed by atoms with Crippen LogP contribution in [0.5, 0.6) is 0 Å². The van der Waals surface area contributed by atoms with Crippen LogP contribution in [0.4, 0.5) is 0 Å². The van der Waals surface area contributed by atoms with Crippen molar-refractivity contribution in [2.75, 3.05) is 6.61 Å². The molecule has 0 aliphatic rings. The predicted octanol–water partition coefficient (Wildman–Crippen LogP) is 0.218. The molecule has 0 bridgehead atoms. The number of hydrogen-bond acceptors (Lipinski definition) is 4. The van der Waals surface area contributed by atoms with Gasteiger partial charge in [-0.2, -0.15) is 0 Å². The van der Waals surface area contributed by atoms with Crippen LogP contribution in [0.2, 0.25) is 0 Å². The molecule has 0 spiro atoms. The molecular formula is C6H13NO3. The normalized spacial score (nSPS) is 12.7. The van der Waals surface area contributed by atoms with Crippen LogP contribution >= 0.6 is 0 Å². The van der Waals surface area contributed by atoms with E-state index in [4.69, 9.17) is 5.90 Å². The molecule has 60 valence electrons. The van der Waals surface area contributed by atoms with Crippen LogP contribution < -0.4 is 5.90 Å². The minimum absolute atomic E-state index is 0.360. The summed E-state index contributed by atoms with van der Waals surface area (Å²) in [5.41, 5.74) is 0. The van der Waals surface area contributed by atoms with Crippen LogP contribution in [-0.2, 0) is 14.4 Å². The van der Waals surface area contributed by atoms with E-state index in [1.54, 1.807) is 13.8 Å². The quantitative estimate of drug-likeness (QED) is 0.456. The van der Waals surface area contributed by atoms with Crippen molar-refractivity contribution in [1.29, 1.82) is 0 Å². The van der Waals surface area contributed by atoms with Gasteiger partial charge in [0.25, 0.3) is 0 Å². The molecule has 0 fully saturated rings. The Morgan fingerprint density at radius 2 is 2.20 bits per heavy atom. The maximum atomic E-state index is 10.8. The van der Waals surface area contributed by atoms with Crippen LogP contribution in [-0.4, -0.2) is 18.7 Å². The lowest BCUT2D eigenvalue weighted by Crippen LogP contribution is -2.28. The number of carbonyl (C=O) groups excluding carboxylic acids is 1. The van der Waals surface area contributed by atoms with Crippen molar-refractivity contribution in [3.05, 3.63) is 0 Å². The van der Waals surface area contributed by atoms with Gasteiger partial charge < -0.3 is 4.74 Å². The molecule has 2 N–H and O–H groups in total. The summed E-state index contributed by atoms with van der Waals surface area (Å²) in [6.45, 7) is 3.90. The minimum atomic E-state index is -0.611. The van der Waals surface area contributed by atoms with E-state index in [0.717, 1.165) is 0 Å². The van der Waals surface area contributed by atoms with E-state index in [2.05, 4.69) is 9.57 Å². The molecule has 0 saturated heterocycles. The highest BCUT2D eigenvalue weighted by Crippen LogP contribution is 1.96. The average Bonchev–Trinajstić information content (AvgIpc) is 1.91. The highest BCUT2D eigenvalue weighted by molar-refractivity contribution is 5.74. The molecule has 0 aromatic heterocycles. The Bertz CT molecular complexity index is 101. The van der Waals surface area contributed by atoms with Gasteiger partial charge in [-0.1, -0.05) is 6.92 Å². The summed E-state index contributed by atoms with van der Waals surface area (Å²) in [6.07, 6.45) is -0.0741. The molecule has 0 radical (unpaired) electrons. The monoisotopic (exact) mass is 147 g/mol. The molecule has 4 heteroatoms. The summed E-state index contributed by atoms with van der Waals surface area (Å²) >= 11 is 0. The van der Waals surface area contributed by atoms with Gasteiger partial charge in [0.05, 0.1) is 6.61 Å². The molecule has 1 atom stereocenters. The second-order valence-electron chi connectivity index (χ2n) is 1.79. The maximum Gasteiger partial charge on any atom is 0.337 e. The van der Waals surface area contributed by atoms with Crippen molar-refractivity contribution in [2.24, 2.45) is 5.90 Å². The fourth-order valence-electron chi connectivity index (χ4n) is 0.554. The molecule has 0 heterocycles. The molecule has 0 aliphatic carbocycles. The van der Waals surface area contributed by atoms with Gasteiger partial charge in [0.15, 0.2) is 6.10 Å². The summed E-state index contributed by atoms with van der Waals surface area (Å²) in [4.78, 5) is 15.1. The third kappa shape index (κ3) is 2.80. The first-order chi connectivity index (χ1) is 4.76. The Labute approximate surface area is 60.2 Å². The predicted molar refractivity (Wildman–Crippen MR) is 36.0 cm³/mol. The zero-order valence-electron chi connectivity index (χ0n) is 6.29. The topological polar surface area (TPSA) is 61.5 Å². The van der Waals surface area contributed by atoms with Crippen molar-refractivity contribution >= 4 is 5.97 Å². The number of hydrogen-bond donors (Lipinski definition) is 1. The van der Waals surface area contributed by atoms with E-state index in [9.17, 15) is 4.79 Å². The van der Waals surface area contributed by atoms with Gasteiger partial charge in [-0.05, 0) is 13.3 Å². The third-order valence-corrected chi connectivity index (χ3v) is 1.08. The van der Waals surface area contributed by atoms with Gasteiger partial charge in [0, 0.05) is 0 Å². The van der Waals surface area contributed by atoms with E-state index < -0.39 is 12.1 Å². The molecule has 0 aromatic rings. The van der Waals surface area contributed by atoms with Gasteiger partial charge in [-0.25, -0.2) is 10.7 Å². The molecule has 4 nitrogen and oxygen atoms in total. The van der Waals surface area contributed by atoms with Crippen LogP contribution in [0, 0.1) is 0 Å². The minimum Gasteiger partial charge on any atom is -0.464 e. The van der Waals surface area contributed by atoms with Crippen molar-refractivity contribution in [3.63, 3.8) is 0 Å². The van der Waals surface area contributed by atoms with Crippen LogP contribution in [0.1, 0.15) is 20.3 Å². The second kappa shape index (κ2) is 5.20. The fourth-order valence-corrected chi connectivity index (χ4v) is 0.554. The molecule has 0 unspecified atom stereocenters.